The first-order chi connectivity index (χ1) is 7.26. The van der Waals surface area contributed by atoms with Crippen LogP contribution < -0.4 is 5.32 Å². The van der Waals surface area contributed by atoms with Crippen molar-refractivity contribution in [2.45, 2.75) is 26.0 Å². The molecule has 3 nitrogen and oxygen atoms in total. The molecule has 3 heteroatoms. The lowest BCUT2D eigenvalue weighted by Gasteiger charge is -2.09. The van der Waals surface area contributed by atoms with Crippen LogP contribution in [0.25, 0.3) is 0 Å². The van der Waals surface area contributed by atoms with Gasteiger partial charge in [-0.2, -0.15) is 0 Å². The Morgan fingerprint density at radius 2 is 1.80 bits per heavy atom. The number of aryl methyl sites for hydroxylation is 1. The average Bonchev–Trinajstić information content (AvgIpc) is 2.29. The second-order valence-electron chi connectivity index (χ2n) is 3.64. The Bertz CT molecular complexity index is 271. The van der Waals surface area contributed by atoms with Crippen LogP contribution in [0.5, 0.6) is 0 Å². The summed E-state index contributed by atoms with van der Waals surface area (Å²) in [6.07, 6.45) is 0.386. The minimum atomic E-state index is -0.667. The summed E-state index contributed by atoms with van der Waals surface area (Å²) < 4.78 is 0. The van der Waals surface area contributed by atoms with E-state index in [4.69, 9.17) is 10.2 Å². The Labute approximate surface area is 90.8 Å². The molecule has 0 heterocycles. The highest BCUT2D eigenvalue weighted by Crippen LogP contribution is 2.04. The number of rotatable bonds is 6. The molecule has 0 aromatic heterocycles. The summed E-state index contributed by atoms with van der Waals surface area (Å²) in [5, 5.41) is 20.8. The van der Waals surface area contributed by atoms with Crippen molar-refractivity contribution in [3.63, 3.8) is 0 Å². The SMILES string of the molecule is CCc1ccc(CNC[C@H](O)CO)cc1. The van der Waals surface area contributed by atoms with Crippen molar-refractivity contribution in [2.75, 3.05) is 13.2 Å². The zero-order chi connectivity index (χ0) is 11.1. The van der Waals surface area contributed by atoms with Crippen LogP contribution in [0.15, 0.2) is 24.3 Å². The molecule has 0 aliphatic rings. The van der Waals surface area contributed by atoms with Gasteiger partial charge in [0.15, 0.2) is 0 Å². The molecule has 0 amide bonds. The molecule has 0 saturated heterocycles. The molecule has 15 heavy (non-hydrogen) atoms. The van der Waals surface area contributed by atoms with E-state index in [-0.39, 0.29) is 6.61 Å². The molecule has 0 spiro atoms. The number of aliphatic hydroxyl groups excluding tert-OH is 2. The smallest absolute Gasteiger partial charge is 0.0895 e. The van der Waals surface area contributed by atoms with Crippen LogP contribution in [0.3, 0.4) is 0 Å². The Morgan fingerprint density at radius 3 is 2.33 bits per heavy atom. The van der Waals surface area contributed by atoms with Crippen molar-refractivity contribution in [3.8, 4) is 0 Å². The third-order valence-corrected chi connectivity index (χ3v) is 2.35. The Kier molecular flexibility index (Phi) is 5.32. The van der Waals surface area contributed by atoms with Gasteiger partial charge in [0.2, 0.25) is 0 Å². The Morgan fingerprint density at radius 1 is 1.20 bits per heavy atom. The minimum Gasteiger partial charge on any atom is -0.394 e. The molecule has 0 saturated carbocycles. The fourth-order valence-corrected chi connectivity index (χ4v) is 1.34. The minimum absolute atomic E-state index is 0.193. The maximum atomic E-state index is 9.11. The third kappa shape index (κ3) is 4.42. The lowest BCUT2D eigenvalue weighted by atomic mass is 10.1. The van der Waals surface area contributed by atoms with Crippen LogP contribution >= 0.6 is 0 Å². The van der Waals surface area contributed by atoms with E-state index in [0.717, 1.165) is 13.0 Å². The second kappa shape index (κ2) is 6.56. The maximum absolute atomic E-state index is 9.11. The lowest BCUT2D eigenvalue weighted by Crippen LogP contribution is -2.28. The molecule has 1 atom stereocenters. The first-order valence-electron chi connectivity index (χ1n) is 5.33. The predicted molar refractivity (Wildman–Crippen MR) is 60.6 cm³/mol. The molecule has 0 aliphatic heterocycles. The normalized spacial score (nSPS) is 12.7. The zero-order valence-corrected chi connectivity index (χ0v) is 9.11. The maximum Gasteiger partial charge on any atom is 0.0895 e. The standard InChI is InChI=1S/C12H19NO2/c1-2-10-3-5-11(6-4-10)7-13-8-12(15)9-14/h3-6,12-15H,2,7-9H2,1H3/t12-/m0/s1. The van der Waals surface area contributed by atoms with Crippen LogP contribution in [-0.4, -0.2) is 29.5 Å². The van der Waals surface area contributed by atoms with Crippen molar-refractivity contribution in [3.05, 3.63) is 35.4 Å². The van der Waals surface area contributed by atoms with Gasteiger partial charge in [0.1, 0.15) is 0 Å². The number of nitrogens with one attached hydrogen (secondary N) is 1. The number of hydrogen-bond acceptors (Lipinski definition) is 3. The van der Waals surface area contributed by atoms with Crippen LogP contribution in [0.4, 0.5) is 0 Å². The summed E-state index contributed by atoms with van der Waals surface area (Å²) in [7, 11) is 0. The van der Waals surface area contributed by atoms with Gasteiger partial charge in [-0.05, 0) is 17.5 Å². The van der Waals surface area contributed by atoms with Gasteiger partial charge < -0.3 is 15.5 Å². The molecular weight excluding hydrogens is 190 g/mol. The monoisotopic (exact) mass is 209 g/mol. The van der Waals surface area contributed by atoms with Gasteiger partial charge in [0, 0.05) is 13.1 Å². The summed E-state index contributed by atoms with van der Waals surface area (Å²) in [4.78, 5) is 0. The lowest BCUT2D eigenvalue weighted by molar-refractivity contribution is 0.0942. The summed E-state index contributed by atoms with van der Waals surface area (Å²) in [6, 6.07) is 8.38. The van der Waals surface area contributed by atoms with E-state index in [1.54, 1.807) is 0 Å². The topological polar surface area (TPSA) is 52.5 Å². The Balaban J connectivity index is 2.31. The van der Waals surface area contributed by atoms with Gasteiger partial charge in [-0.3, -0.25) is 0 Å². The molecular formula is C12H19NO2. The summed E-state index contributed by atoms with van der Waals surface area (Å²) in [6.45, 7) is 3.08. The molecule has 0 radical (unpaired) electrons. The van der Waals surface area contributed by atoms with Gasteiger partial charge in [0.25, 0.3) is 0 Å². The van der Waals surface area contributed by atoms with Gasteiger partial charge in [-0.1, -0.05) is 31.2 Å². The van der Waals surface area contributed by atoms with Gasteiger partial charge in [-0.25, -0.2) is 0 Å². The molecule has 0 aliphatic carbocycles. The summed E-state index contributed by atoms with van der Waals surface area (Å²) in [5.74, 6) is 0. The second-order valence-corrected chi connectivity index (χ2v) is 3.64. The molecule has 84 valence electrons. The third-order valence-electron chi connectivity index (χ3n) is 2.35. The highest BCUT2D eigenvalue weighted by atomic mass is 16.3. The predicted octanol–water partition coefficient (Wildman–Crippen LogP) is 0.692. The van der Waals surface area contributed by atoms with Gasteiger partial charge >= 0.3 is 0 Å². The molecule has 1 aromatic rings. The average molecular weight is 209 g/mol. The largest absolute Gasteiger partial charge is 0.394 e. The summed E-state index contributed by atoms with van der Waals surface area (Å²) in [5.41, 5.74) is 2.52. The van der Waals surface area contributed by atoms with E-state index in [1.165, 1.54) is 11.1 Å². The first kappa shape index (κ1) is 12.2. The quantitative estimate of drug-likeness (QED) is 0.646. The highest BCUT2D eigenvalue weighted by Gasteiger charge is 2.00. The van der Waals surface area contributed by atoms with Crippen LogP contribution in [0.1, 0.15) is 18.1 Å². The fourth-order valence-electron chi connectivity index (χ4n) is 1.34. The van der Waals surface area contributed by atoms with Crippen LogP contribution in [0.2, 0.25) is 0 Å². The van der Waals surface area contributed by atoms with Crippen molar-refractivity contribution >= 4 is 0 Å². The van der Waals surface area contributed by atoms with Crippen LogP contribution in [-0.2, 0) is 13.0 Å². The van der Waals surface area contributed by atoms with Crippen LogP contribution in [0, 0.1) is 0 Å². The number of hydrogen-bond donors (Lipinski definition) is 3. The molecule has 1 rings (SSSR count). The highest BCUT2D eigenvalue weighted by molar-refractivity contribution is 5.22. The van der Waals surface area contributed by atoms with E-state index < -0.39 is 6.10 Å². The Hall–Kier alpha value is -0.900. The van der Waals surface area contributed by atoms with E-state index in [9.17, 15) is 0 Å². The van der Waals surface area contributed by atoms with Crippen molar-refractivity contribution < 1.29 is 10.2 Å². The van der Waals surface area contributed by atoms with Gasteiger partial charge in [-0.15, -0.1) is 0 Å². The van der Waals surface area contributed by atoms with E-state index in [2.05, 4.69) is 36.5 Å². The molecule has 0 unspecified atom stereocenters. The van der Waals surface area contributed by atoms with E-state index in [0.29, 0.717) is 6.54 Å². The van der Waals surface area contributed by atoms with Gasteiger partial charge in [0.05, 0.1) is 12.7 Å². The molecule has 1 aromatic carbocycles. The zero-order valence-electron chi connectivity index (χ0n) is 9.11. The van der Waals surface area contributed by atoms with Crippen molar-refractivity contribution in [1.82, 2.24) is 5.32 Å². The summed E-state index contributed by atoms with van der Waals surface area (Å²) >= 11 is 0. The molecule has 3 N–H and O–H groups in total. The number of aliphatic hydroxyl groups is 2. The van der Waals surface area contributed by atoms with Crippen molar-refractivity contribution in [1.29, 1.82) is 0 Å². The van der Waals surface area contributed by atoms with E-state index >= 15 is 0 Å². The van der Waals surface area contributed by atoms with Crippen molar-refractivity contribution in [2.24, 2.45) is 0 Å². The molecule has 0 bridgehead atoms. The van der Waals surface area contributed by atoms with E-state index in [1.807, 2.05) is 0 Å². The number of benzene rings is 1. The fraction of sp³-hybridized carbons (Fsp3) is 0.500. The first-order valence-corrected chi connectivity index (χ1v) is 5.33. The molecule has 0 fully saturated rings.